The number of hydrogen-bond acceptors (Lipinski definition) is 4. The smallest absolute Gasteiger partial charge is 0.335 e. The molecule has 0 radical (unpaired) electrons. The van der Waals surface area contributed by atoms with Crippen LogP contribution < -0.4 is 10.9 Å². The first-order valence-electron chi connectivity index (χ1n) is 6.81. The fourth-order valence-corrected chi connectivity index (χ4v) is 2.54. The molecule has 0 aliphatic carbocycles. The summed E-state index contributed by atoms with van der Waals surface area (Å²) < 4.78 is 12.8. The van der Waals surface area contributed by atoms with Crippen molar-refractivity contribution in [3.63, 3.8) is 0 Å². The molecule has 0 bridgehead atoms. The number of nitrogens with one attached hydrogen (secondary N) is 2. The lowest BCUT2D eigenvalue weighted by atomic mass is 10.2. The molecule has 1 amide bonds. The maximum absolute atomic E-state index is 12.8. The number of aromatic carboxylic acids is 1. The van der Waals surface area contributed by atoms with Gasteiger partial charge in [-0.2, -0.15) is 0 Å². The second-order valence-electron chi connectivity index (χ2n) is 4.61. The molecule has 120 valence electrons. The van der Waals surface area contributed by atoms with Crippen molar-refractivity contribution in [1.82, 2.24) is 5.43 Å². The van der Waals surface area contributed by atoms with Gasteiger partial charge in [0, 0.05) is 17.1 Å². The molecule has 0 saturated heterocycles. The van der Waals surface area contributed by atoms with E-state index in [1.165, 1.54) is 36.0 Å². The Balaban J connectivity index is 1.70. The van der Waals surface area contributed by atoms with Gasteiger partial charge in [0.25, 0.3) is 0 Å². The number of anilines is 1. The summed E-state index contributed by atoms with van der Waals surface area (Å²) in [5.41, 5.74) is 6.02. The first-order chi connectivity index (χ1) is 11.0. The largest absolute Gasteiger partial charge is 0.478 e. The zero-order valence-corrected chi connectivity index (χ0v) is 12.9. The molecule has 0 aliphatic heterocycles. The molecule has 2 rings (SSSR count). The van der Waals surface area contributed by atoms with Crippen LogP contribution in [0.4, 0.5) is 10.1 Å². The lowest BCUT2D eigenvalue weighted by molar-refractivity contribution is -0.120. The average Bonchev–Trinajstić information content (AvgIpc) is 2.55. The molecule has 2 aromatic rings. The van der Waals surface area contributed by atoms with E-state index >= 15 is 0 Å². The number of rotatable bonds is 7. The van der Waals surface area contributed by atoms with Gasteiger partial charge in [0.1, 0.15) is 5.82 Å². The van der Waals surface area contributed by atoms with Crippen LogP contribution in [0.3, 0.4) is 0 Å². The van der Waals surface area contributed by atoms with E-state index in [0.717, 1.165) is 4.90 Å². The first kappa shape index (κ1) is 16.8. The van der Waals surface area contributed by atoms with Crippen molar-refractivity contribution in [2.45, 2.75) is 11.3 Å². The van der Waals surface area contributed by atoms with Crippen LogP contribution in [0.2, 0.25) is 0 Å². The molecule has 3 N–H and O–H groups in total. The maximum Gasteiger partial charge on any atom is 0.335 e. The maximum atomic E-state index is 12.8. The number of carbonyl (C=O) groups excluding carboxylic acids is 1. The van der Waals surface area contributed by atoms with Gasteiger partial charge >= 0.3 is 5.97 Å². The normalized spacial score (nSPS) is 10.1. The third-order valence-electron chi connectivity index (χ3n) is 2.89. The number of hydrazine groups is 1. The predicted molar refractivity (Wildman–Crippen MR) is 86.9 cm³/mol. The number of benzene rings is 2. The molecule has 0 heterocycles. The fourth-order valence-electron chi connectivity index (χ4n) is 1.69. The first-order valence-corrected chi connectivity index (χ1v) is 7.80. The Bertz CT molecular complexity index is 675. The van der Waals surface area contributed by atoms with Crippen molar-refractivity contribution in [3.05, 3.63) is 59.9 Å². The van der Waals surface area contributed by atoms with Crippen molar-refractivity contribution >= 4 is 29.3 Å². The van der Waals surface area contributed by atoms with E-state index in [0.29, 0.717) is 17.9 Å². The summed E-state index contributed by atoms with van der Waals surface area (Å²) in [5, 5.41) is 8.79. The highest BCUT2D eigenvalue weighted by atomic mass is 32.2. The molecule has 2 aromatic carbocycles. The molecule has 23 heavy (non-hydrogen) atoms. The number of thioether (sulfide) groups is 1. The number of carboxylic acid groups (broad SMARTS) is 1. The molecule has 0 atom stereocenters. The SMILES string of the molecule is O=C(CCSc1ccc(F)cc1)NNc1ccc(C(=O)O)cc1. The third kappa shape index (κ3) is 5.63. The van der Waals surface area contributed by atoms with Gasteiger partial charge in [0.15, 0.2) is 0 Å². The highest BCUT2D eigenvalue weighted by Crippen LogP contribution is 2.18. The second-order valence-corrected chi connectivity index (χ2v) is 5.78. The Kier molecular flexibility index (Phi) is 5.99. The van der Waals surface area contributed by atoms with Crippen LogP contribution in [0.5, 0.6) is 0 Å². The average molecular weight is 334 g/mol. The van der Waals surface area contributed by atoms with E-state index in [1.807, 2.05) is 0 Å². The van der Waals surface area contributed by atoms with Crippen molar-refractivity contribution in [2.24, 2.45) is 0 Å². The Morgan fingerprint density at radius 1 is 1.04 bits per heavy atom. The monoisotopic (exact) mass is 334 g/mol. The van der Waals surface area contributed by atoms with Gasteiger partial charge in [-0.1, -0.05) is 0 Å². The van der Waals surface area contributed by atoms with Crippen LogP contribution >= 0.6 is 11.8 Å². The third-order valence-corrected chi connectivity index (χ3v) is 3.90. The number of hydrogen-bond donors (Lipinski definition) is 3. The number of carboxylic acids is 1. The minimum Gasteiger partial charge on any atom is -0.478 e. The highest BCUT2D eigenvalue weighted by molar-refractivity contribution is 7.99. The zero-order chi connectivity index (χ0) is 16.7. The molecular weight excluding hydrogens is 319 g/mol. The van der Waals surface area contributed by atoms with Crippen molar-refractivity contribution < 1.29 is 19.1 Å². The number of carbonyl (C=O) groups is 2. The van der Waals surface area contributed by atoms with Gasteiger partial charge in [-0.15, -0.1) is 11.8 Å². The summed E-state index contributed by atoms with van der Waals surface area (Å²) in [4.78, 5) is 23.3. The summed E-state index contributed by atoms with van der Waals surface area (Å²) in [6.07, 6.45) is 0.294. The van der Waals surface area contributed by atoms with E-state index in [4.69, 9.17) is 5.11 Å². The van der Waals surface area contributed by atoms with Gasteiger partial charge in [-0.3, -0.25) is 15.6 Å². The van der Waals surface area contributed by atoms with Gasteiger partial charge in [0.05, 0.1) is 11.3 Å². The molecule has 0 unspecified atom stereocenters. The lowest BCUT2D eigenvalue weighted by Crippen LogP contribution is -2.29. The van der Waals surface area contributed by atoms with Gasteiger partial charge < -0.3 is 5.11 Å². The molecule has 0 saturated carbocycles. The molecule has 0 spiro atoms. The van der Waals surface area contributed by atoms with E-state index in [9.17, 15) is 14.0 Å². The Labute approximate surface area is 136 Å². The second kappa shape index (κ2) is 8.19. The van der Waals surface area contributed by atoms with Crippen molar-refractivity contribution in [1.29, 1.82) is 0 Å². The summed E-state index contributed by atoms with van der Waals surface area (Å²) in [6.45, 7) is 0. The quantitative estimate of drug-likeness (QED) is 0.535. The minimum atomic E-state index is -1.00. The molecule has 7 heteroatoms. The molecular formula is C16H15FN2O3S. The number of amides is 1. The van der Waals surface area contributed by atoms with Crippen LogP contribution in [0, 0.1) is 5.82 Å². The van der Waals surface area contributed by atoms with Crippen LogP contribution in [0.25, 0.3) is 0 Å². The fraction of sp³-hybridized carbons (Fsp3) is 0.125. The Morgan fingerprint density at radius 3 is 2.30 bits per heavy atom. The van der Waals surface area contributed by atoms with Gasteiger partial charge in [-0.25, -0.2) is 9.18 Å². The zero-order valence-electron chi connectivity index (χ0n) is 12.1. The minimum absolute atomic E-state index is 0.178. The summed E-state index contributed by atoms with van der Waals surface area (Å²) in [7, 11) is 0. The molecule has 5 nitrogen and oxygen atoms in total. The van der Waals surface area contributed by atoms with Crippen LogP contribution in [-0.2, 0) is 4.79 Å². The van der Waals surface area contributed by atoms with Crippen LogP contribution in [0.15, 0.2) is 53.4 Å². The molecule has 0 aliphatic rings. The number of halogens is 1. The van der Waals surface area contributed by atoms with Gasteiger partial charge in [-0.05, 0) is 48.5 Å². The Morgan fingerprint density at radius 2 is 1.70 bits per heavy atom. The Hall–Kier alpha value is -2.54. The van der Waals surface area contributed by atoms with Crippen LogP contribution in [0.1, 0.15) is 16.8 Å². The van der Waals surface area contributed by atoms with Gasteiger partial charge in [0.2, 0.25) is 5.91 Å². The summed E-state index contributed by atoms with van der Waals surface area (Å²) in [5.74, 6) is -0.914. The van der Waals surface area contributed by atoms with Crippen LogP contribution in [-0.4, -0.2) is 22.7 Å². The topological polar surface area (TPSA) is 78.4 Å². The summed E-state index contributed by atoms with van der Waals surface area (Å²) >= 11 is 1.46. The molecule has 0 fully saturated rings. The van der Waals surface area contributed by atoms with E-state index in [1.54, 1.807) is 24.3 Å². The van der Waals surface area contributed by atoms with Crippen molar-refractivity contribution in [2.75, 3.05) is 11.2 Å². The van der Waals surface area contributed by atoms with E-state index in [2.05, 4.69) is 10.9 Å². The summed E-state index contributed by atoms with van der Waals surface area (Å²) in [6, 6.07) is 12.1. The van der Waals surface area contributed by atoms with E-state index in [-0.39, 0.29) is 17.3 Å². The lowest BCUT2D eigenvalue weighted by Gasteiger charge is -2.08. The highest BCUT2D eigenvalue weighted by Gasteiger charge is 2.04. The van der Waals surface area contributed by atoms with Crippen molar-refractivity contribution in [3.8, 4) is 0 Å². The van der Waals surface area contributed by atoms with E-state index < -0.39 is 5.97 Å². The molecule has 0 aromatic heterocycles. The standard InChI is InChI=1S/C16H15FN2O3S/c17-12-3-7-14(8-4-12)23-10-9-15(20)19-18-13-5-1-11(2-6-13)16(21)22/h1-8,18H,9-10H2,(H,19,20)(H,21,22). The predicted octanol–water partition coefficient (Wildman–Crippen LogP) is 3.15.